The predicted octanol–water partition coefficient (Wildman–Crippen LogP) is 2.86. The fourth-order valence-corrected chi connectivity index (χ4v) is 2.18. The first-order valence-electron chi connectivity index (χ1n) is 5.45. The summed E-state index contributed by atoms with van der Waals surface area (Å²) in [5, 5.41) is 11.8. The molecule has 1 aromatic rings. The molecular weight excluding hydrogens is 208 g/mol. The highest BCUT2D eigenvalue weighted by molar-refractivity contribution is 7.09. The van der Waals surface area contributed by atoms with Crippen molar-refractivity contribution in [2.45, 2.75) is 44.8 Å². The lowest BCUT2D eigenvalue weighted by molar-refractivity contribution is 0.0827. The summed E-state index contributed by atoms with van der Waals surface area (Å²) in [5.41, 5.74) is 0. The molecular formula is C12H20O2S. The molecule has 0 saturated heterocycles. The van der Waals surface area contributed by atoms with Crippen molar-refractivity contribution >= 4 is 11.3 Å². The van der Waals surface area contributed by atoms with Gasteiger partial charge in [0.05, 0.1) is 12.2 Å². The Hall–Kier alpha value is -0.380. The molecule has 1 heterocycles. The lowest BCUT2D eigenvalue weighted by Gasteiger charge is -2.13. The lowest BCUT2D eigenvalue weighted by atomic mass is 10.1. The molecule has 0 spiro atoms. The average Bonchev–Trinajstić information content (AvgIpc) is 2.75. The van der Waals surface area contributed by atoms with Crippen LogP contribution in [0.25, 0.3) is 0 Å². The number of aliphatic hydroxyl groups excluding tert-OH is 1. The monoisotopic (exact) mass is 228 g/mol. The van der Waals surface area contributed by atoms with E-state index in [0.29, 0.717) is 0 Å². The van der Waals surface area contributed by atoms with Crippen LogP contribution < -0.4 is 0 Å². The smallest absolute Gasteiger partial charge is 0.0544 e. The summed E-state index contributed by atoms with van der Waals surface area (Å²) in [6.07, 6.45) is 3.67. The van der Waals surface area contributed by atoms with Gasteiger partial charge in [-0.05, 0) is 44.1 Å². The molecule has 0 aliphatic carbocycles. The molecule has 1 rings (SSSR count). The largest absolute Gasteiger partial charge is 0.393 e. The Kier molecular flexibility index (Phi) is 5.91. The molecule has 0 aromatic carbocycles. The van der Waals surface area contributed by atoms with Crippen LogP contribution in [0.3, 0.4) is 0 Å². The molecule has 1 N–H and O–H groups in total. The highest BCUT2D eigenvalue weighted by Crippen LogP contribution is 2.14. The van der Waals surface area contributed by atoms with E-state index in [4.69, 9.17) is 4.74 Å². The van der Waals surface area contributed by atoms with Crippen LogP contribution >= 0.6 is 11.3 Å². The van der Waals surface area contributed by atoms with E-state index in [-0.39, 0.29) is 12.2 Å². The summed E-state index contributed by atoms with van der Waals surface area (Å²) in [5.74, 6) is 0. The molecule has 0 bridgehead atoms. The van der Waals surface area contributed by atoms with Crippen molar-refractivity contribution in [2.75, 3.05) is 7.11 Å². The highest BCUT2D eigenvalue weighted by atomic mass is 32.1. The minimum Gasteiger partial charge on any atom is -0.393 e. The van der Waals surface area contributed by atoms with Crippen molar-refractivity contribution in [3.63, 3.8) is 0 Å². The van der Waals surface area contributed by atoms with Crippen LogP contribution in [0.1, 0.15) is 31.1 Å². The fourth-order valence-electron chi connectivity index (χ4n) is 1.45. The summed E-state index contributed by atoms with van der Waals surface area (Å²) in [7, 11) is 1.71. The third kappa shape index (κ3) is 5.30. The van der Waals surface area contributed by atoms with Crippen molar-refractivity contribution in [2.24, 2.45) is 0 Å². The zero-order valence-electron chi connectivity index (χ0n) is 9.48. The number of ether oxygens (including phenoxy) is 1. The number of hydrogen-bond acceptors (Lipinski definition) is 3. The van der Waals surface area contributed by atoms with Crippen LogP contribution in [-0.4, -0.2) is 24.4 Å². The van der Waals surface area contributed by atoms with E-state index in [1.807, 2.05) is 6.92 Å². The fraction of sp³-hybridized carbons (Fsp3) is 0.667. The number of aliphatic hydroxyl groups is 1. The molecule has 0 radical (unpaired) electrons. The minimum absolute atomic E-state index is 0.190. The number of hydrogen-bond donors (Lipinski definition) is 1. The Morgan fingerprint density at radius 2 is 2.20 bits per heavy atom. The van der Waals surface area contributed by atoms with Gasteiger partial charge in [0.2, 0.25) is 0 Å². The van der Waals surface area contributed by atoms with E-state index in [1.54, 1.807) is 18.4 Å². The van der Waals surface area contributed by atoms with Crippen molar-refractivity contribution in [1.29, 1.82) is 0 Å². The maximum absolute atomic E-state index is 9.74. The Morgan fingerprint density at radius 1 is 1.40 bits per heavy atom. The third-order valence-electron chi connectivity index (χ3n) is 2.61. The van der Waals surface area contributed by atoms with Gasteiger partial charge in [-0.15, -0.1) is 11.3 Å². The average molecular weight is 228 g/mol. The molecule has 15 heavy (non-hydrogen) atoms. The second-order valence-electron chi connectivity index (χ2n) is 3.90. The van der Waals surface area contributed by atoms with Gasteiger partial charge < -0.3 is 9.84 Å². The standard InChI is InChI=1S/C12H20O2S/c1-10(14-2)5-6-11(13)7-8-12-4-3-9-15-12/h3-4,9-11,13H,5-8H2,1-2H3. The summed E-state index contributed by atoms with van der Waals surface area (Å²) >= 11 is 1.76. The van der Waals surface area contributed by atoms with Crippen molar-refractivity contribution in [3.8, 4) is 0 Å². The van der Waals surface area contributed by atoms with E-state index in [2.05, 4.69) is 17.5 Å². The SMILES string of the molecule is COC(C)CCC(O)CCc1cccs1. The van der Waals surface area contributed by atoms with Gasteiger partial charge in [-0.3, -0.25) is 0 Å². The van der Waals surface area contributed by atoms with Gasteiger partial charge in [-0.25, -0.2) is 0 Å². The van der Waals surface area contributed by atoms with E-state index in [9.17, 15) is 5.11 Å². The van der Waals surface area contributed by atoms with Crippen molar-refractivity contribution < 1.29 is 9.84 Å². The predicted molar refractivity (Wildman–Crippen MR) is 64.4 cm³/mol. The molecule has 0 amide bonds. The first kappa shape index (κ1) is 12.7. The third-order valence-corrected chi connectivity index (χ3v) is 3.55. The maximum atomic E-state index is 9.74. The maximum Gasteiger partial charge on any atom is 0.0544 e. The Labute approximate surface area is 95.9 Å². The summed E-state index contributed by atoms with van der Waals surface area (Å²) < 4.78 is 5.14. The number of thiophene rings is 1. The van der Waals surface area contributed by atoms with Crippen LogP contribution in [0.15, 0.2) is 17.5 Å². The Bertz CT molecular complexity index is 246. The van der Waals surface area contributed by atoms with Gasteiger partial charge in [-0.1, -0.05) is 6.07 Å². The lowest BCUT2D eigenvalue weighted by Crippen LogP contribution is -2.13. The molecule has 0 aliphatic heterocycles. The van der Waals surface area contributed by atoms with Crippen LogP contribution in [0, 0.1) is 0 Å². The topological polar surface area (TPSA) is 29.5 Å². The zero-order valence-corrected chi connectivity index (χ0v) is 10.3. The van der Waals surface area contributed by atoms with Crippen LogP contribution in [0.2, 0.25) is 0 Å². The van der Waals surface area contributed by atoms with Crippen LogP contribution in [0.4, 0.5) is 0 Å². The molecule has 0 aliphatic rings. The zero-order chi connectivity index (χ0) is 11.1. The summed E-state index contributed by atoms with van der Waals surface area (Å²) in [6, 6.07) is 4.18. The molecule has 3 heteroatoms. The van der Waals surface area contributed by atoms with Gasteiger partial charge >= 0.3 is 0 Å². The van der Waals surface area contributed by atoms with Crippen molar-refractivity contribution in [1.82, 2.24) is 0 Å². The summed E-state index contributed by atoms with van der Waals surface area (Å²) in [4.78, 5) is 1.36. The van der Waals surface area contributed by atoms with Crippen LogP contribution in [0.5, 0.6) is 0 Å². The second-order valence-corrected chi connectivity index (χ2v) is 4.93. The summed E-state index contributed by atoms with van der Waals surface area (Å²) in [6.45, 7) is 2.03. The van der Waals surface area contributed by atoms with Crippen molar-refractivity contribution in [3.05, 3.63) is 22.4 Å². The normalized spacial score (nSPS) is 15.1. The number of aryl methyl sites for hydroxylation is 1. The molecule has 0 saturated carbocycles. The van der Waals surface area contributed by atoms with Gasteiger partial charge in [0.25, 0.3) is 0 Å². The van der Waals surface area contributed by atoms with Gasteiger partial charge in [-0.2, -0.15) is 0 Å². The Balaban J connectivity index is 2.11. The quantitative estimate of drug-likeness (QED) is 0.777. The molecule has 0 fully saturated rings. The van der Waals surface area contributed by atoms with Gasteiger partial charge in [0.15, 0.2) is 0 Å². The first-order chi connectivity index (χ1) is 7.22. The molecule has 2 nitrogen and oxygen atoms in total. The molecule has 86 valence electrons. The van der Waals surface area contributed by atoms with E-state index in [0.717, 1.165) is 25.7 Å². The molecule has 2 unspecified atom stereocenters. The van der Waals surface area contributed by atoms with E-state index >= 15 is 0 Å². The highest BCUT2D eigenvalue weighted by Gasteiger charge is 2.07. The molecule has 1 aromatic heterocycles. The minimum atomic E-state index is -0.190. The second kappa shape index (κ2) is 6.99. The Morgan fingerprint density at radius 3 is 2.80 bits per heavy atom. The van der Waals surface area contributed by atoms with Gasteiger partial charge in [0, 0.05) is 12.0 Å². The van der Waals surface area contributed by atoms with E-state index in [1.165, 1.54) is 4.88 Å². The van der Waals surface area contributed by atoms with E-state index < -0.39 is 0 Å². The number of rotatable bonds is 7. The molecule has 2 atom stereocenters. The first-order valence-corrected chi connectivity index (χ1v) is 6.33. The van der Waals surface area contributed by atoms with Crippen LogP contribution in [-0.2, 0) is 11.2 Å². The van der Waals surface area contributed by atoms with Gasteiger partial charge in [0.1, 0.15) is 0 Å². The number of methoxy groups -OCH3 is 1.